The number of hydrogen-bond donors (Lipinski definition) is 0. The summed E-state index contributed by atoms with van der Waals surface area (Å²) in [6, 6.07) is 19.1. The number of nitrogens with zero attached hydrogens (tertiary/aromatic N) is 2. The van der Waals surface area contributed by atoms with Crippen molar-refractivity contribution >= 4 is 28.5 Å². The van der Waals surface area contributed by atoms with Crippen LogP contribution in [-0.4, -0.2) is 34.8 Å². The normalized spacial score (nSPS) is 13.6. The summed E-state index contributed by atoms with van der Waals surface area (Å²) < 4.78 is 0. The van der Waals surface area contributed by atoms with E-state index in [1.807, 2.05) is 71.0 Å². The Morgan fingerprint density at radius 3 is 2.16 bits per heavy atom. The number of aryl methyl sites for hydroxylation is 3. The highest BCUT2D eigenvalue weighted by Crippen LogP contribution is 2.36. The minimum Gasteiger partial charge on any atom is -0.301 e. The van der Waals surface area contributed by atoms with E-state index < -0.39 is 0 Å². The molecule has 0 amide bonds. The zero-order valence-electron chi connectivity index (χ0n) is 30.1. The lowest BCUT2D eigenvalue weighted by Crippen LogP contribution is -2.28. The van der Waals surface area contributed by atoms with E-state index in [1.165, 1.54) is 60.5 Å². The second-order valence-electron chi connectivity index (χ2n) is 10.9. The first-order chi connectivity index (χ1) is 21.8. The summed E-state index contributed by atoms with van der Waals surface area (Å²) in [6.45, 7) is 25.8. The molecule has 0 N–H and O–H groups in total. The number of thiazole rings is 1. The fourth-order valence-corrected chi connectivity index (χ4v) is 7.10. The lowest BCUT2D eigenvalue weighted by Gasteiger charge is -2.20. The molecule has 4 aromatic rings. The second kappa shape index (κ2) is 22.8. The minimum atomic E-state index is 0.143. The van der Waals surface area contributed by atoms with Gasteiger partial charge in [0.25, 0.3) is 0 Å². The third kappa shape index (κ3) is 13.3. The number of ketones is 1. The number of Topliss-reactive ketones (excluding diaryl/α,β-unsaturated/α-hetero) is 1. The average molecular weight is 649 g/mol. The lowest BCUT2D eigenvalue weighted by atomic mass is 10.00. The van der Waals surface area contributed by atoms with Crippen LogP contribution in [0.2, 0.25) is 0 Å². The van der Waals surface area contributed by atoms with Crippen LogP contribution >= 0.6 is 22.7 Å². The van der Waals surface area contributed by atoms with Crippen LogP contribution in [0.4, 0.5) is 0 Å². The molecule has 0 bridgehead atoms. The zero-order chi connectivity index (χ0) is 33.8. The van der Waals surface area contributed by atoms with Crippen molar-refractivity contribution in [2.75, 3.05) is 13.1 Å². The topological polar surface area (TPSA) is 33.2 Å². The van der Waals surface area contributed by atoms with Gasteiger partial charge in [-0.1, -0.05) is 110 Å². The molecule has 0 spiro atoms. The standard InChI is InChI=1S/C24H21NOS2.C8H17N.C4H10.2C2H6/c1-15-6-4-9-20(10-15)22(26)13-18-7-5-8-19(12-18)21-14-27-24(25-21)23-16(2)11-17(3)28-23;1-3-8-6-5-7-9(8)4-2;1-3-4-2;2*1-2/h4-12,14H,13H2,1-3H3;8H,3-7H2,1-2H3;3-4H2,1-2H3;2*1-2H3. The van der Waals surface area contributed by atoms with Crippen molar-refractivity contribution in [2.24, 2.45) is 0 Å². The van der Waals surface area contributed by atoms with Crippen LogP contribution in [0.5, 0.6) is 0 Å². The van der Waals surface area contributed by atoms with Crippen LogP contribution in [-0.2, 0) is 6.42 Å². The third-order valence-electron chi connectivity index (χ3n) is 7.54. The highest BCUT2D eigenvalue weighted by atomic mass is 32.1. The van der Waals surface area contributed by atoms with Crippen molar-refractivity contribution in [3.8, 4) is 21.1 Å². The fourth-order valence-electron chi connectivity index (χ4n) is 5.08. The summed E-state index contributed by atoms with van der Waals surface area (Å²) in [5.41, 5.74) is 6.19. The van der Waals surface area contributed by atoms with Gasteiger partial charge in [0.1, 0.15) is 5.01 Å². The molecule has 45 heavy (non-hydrogen) atoms. The van der Waals surface area contributed by atoms with Crippen LogP contribution in [0, 0.1) is 20.8 Å². The largest absolute Gasteiger partial charge is 0.301 e. The van der Waals surface area contributed by atoms with Gasteiger partial charge in [-0.15, -0.1) is 22.7 Å². The van der Waals surface area contributed by atoms with E-state index in [0.717, 1.165) is 39.0 Å². The van der Waals surface area contributed by atoms with Crippen molar-refractivity contribution < 1.29 is 4.79 Å². The summed E-state index contributed by atoms with van der Waals surface area (Å²) in [6.07, 6.45) is 7.24. The first-order valence-corrected chi connectivity index (χ1v) is 18.9. The Kier molecular flexibility index (Phi) is 20.5. The number of unbranched alkanes of at least 4 members (excludes halogenated alkanes) is 1. The zero-order valence-corrected chi connectivity index (χ0v) is 31.8. The Bertz CT molecular complexity index is 1360. The predicted molar refractivity (Wildman–Crippen MR) is 203 cm³/mol. The molecule has 2 aromatic carbocycles. The quantitative estimate of drug-likeness (QED) is 0.178. The molecule has 1 unspecified atom stereocenters. The number of benzene rings is 2. The number of likely N-dealkylation sites (tertiary alicyclic amines) is 1. The van der Waals surface area contributed by atoms with E-state index in [2.05, 4.69) is 70.0 Å². The first-order valence-electron chi connectivity index (χ1n) is 17.3. The highest BCUT2D eigenvalue weighted by Gasteiger charge is 2.20. The molecule has 1 fully saturated rings. The number of carbonyl (C=O) groups is 1. The van der Waals surface area contributed by atoms with Crippen molar-refractivity contribution in [3.05, 3.63) is 87.1 Å². The maximum Gasteiger partial charge on any atom is 0.167 e. The molecule has 0 aliphatic carbocycles. The van der Waals surface area contributed by atoms with E-state index in [0.29, 0.717) is 6.42 Å². The average Bonchev–Trinajstić information content (AvgIpc) is 3.83. The van der Waals surface area contributed by atoms with Gasteiger partial charge in [0.15, 0.2) is 5.78 Å². The molecular weight excluding hydrogens is 589 g/mol. The molecule has 1 aliphatic rings. The molecule has 0 saturated carbocycles. The third-order valence-corrected chi connectivity index (χ3v) is 9.69. The number of thiophene rings is 1. The Labute approximate surface area is 284 Å². The van der Waals surface area contributed by atoms with Crippen molar-refractivity contribution in [1.82, 2.24) is 9.88 Å². The fraction of sp³-hybridized carbons (Fsp3) is 0.500. The van der Waals surface area contributed by atoms with Gasteiger partial charge in [-0.25, -0.2) is 4.98 Å². The second-order valence-corrected chi connectivity index (χ2v) is 13.0. The summed E-state index contributed by atoms with van der Waals surface area (Å²) in [7, 11) is 0. The maximum absolute atomic E-state index is 12.6. The summed E-state index contributed by atoms with van der Waals surface area (Å²) in [4.78, 5) is 22.6. The molecule has 2 aromatic heterocycles. The summed E-state index contributed by atoms with van der Waals surface area (Å²) in [5.74, 6) is 0.143. The van der Waals surface area contributed by atoms with Crippen LogP contribution in [0.15, 0.2) is 60.0 Å². The number of aromatic nitrogens is 1. The molecule has 248 valence electrons. The smallest absolute Gasteiger partial charge is 0.167 e. The maximum atomic E-state index is 12.6. The van der Waals surface area contributed by atoms with Crippen molar-refractivity contribution in [2.45, 2.75) is 121 Å². The number of rotatable bonds is 8. The van der Waals surface area contributed by atoms with Crippen LogP contribution in [0.25, 0.3) is 21.1 Å². The van der Waals surface area contributed by atoms with E-state index in [-0.39, 0.29) is 5.78 Å². The van der Waals surface area contributed by atoms with Crippen LogP contribution in [0.1, 0.15) is 119 Å². The van der Waals surface area contributed by atoms with Gasteiger partial charge < -0.3 is 4.90 Å². The van der Waals surface area contributed by atoms with Gasteiger partial charge in [-0.2, -0.15) is 0 Å². The van der Waals surface area contributed by atoms with E-state index in [9.17, 15) is 4.79 Å². The van der Waals surface area contributed by atoms with Crippen LogP contribution in [0.3, 0.4) is 0 Å². The molecule has 3 nitrogen and oxygen atoms in total. The van der Waals surface area contributed by atoms with Crippen LogP contribution < -0.4 is 0 Å². The Hall–Kier alpha value is -2.60. The van der Waals surface area contributed by atoms with Gasteiger partial charge in [0, 0.05) is 33.8 Å². The molecule has 1 aliphatic heterocycles. The number of hydrogen-bond acceptors (Lipinski definition) is 5. The molecule has 5 rings (SSSR count). The van der Waals surface area contributed by atoms with E-state index in [4.69, 9.17) is 4.98 Å². The van der Waals surface area contributed by atoms with E-state index in [1.54, 1.807) is 22.7 Å². The Morgan fingerprint density at radius 2 is 1.60 bits per heavy atom. The lowest BCUT2D eigenvalue weighted by molar-refractivity contribution is 0.0993. The molecule has 5 heteroatoms. The molecule has 1 atom stereocenters. The Morgan fingerprint density at radius 1 is 0.911 bits per heavy atom. The predicted octanol–water partition coefficient (Wildman–Crippen LogP) is 12.6. The minimum absolute atomic E-state index is 0.143. The van der Waals surface area contributed by atoms with Crippen molar-refractivity contribution in [1.29, 1.82) is 0 Å². The molecular formula is C40H60N2OS2. The summed E-state index contributed by atoms with van der Waals surface area (Å²) in [5, 5.41) is 3.16. The monoisotopic (exact) mass is 648 g/mol. The van der Waals surface area contributed by atoms with Gasteiger partial charge in [0.05, 0.1) is 10.6 Å². The molecule has 0 radical (unpaired) electrons. The van der Waals surface area contributed by atoms with Gasteiger partial charge in [-0.3, -0.25) is 4.79 Å². The SMILES string of the molecule is CC.CC.CCC1CCCN1CC.CCCC.Cc1cccc(C(=O)Cc2cccc(-c3csc(-c4sc(C)cc4C)n3)c2)c1. The van der Waals surface area contributed by atoms with Crippen molar-refractivity contribution in [3.63, 3.8) is 0 Å². The molecule has 1 saturated heterocycles. The first kappa shape index (κ1) is 40.4. The van der Waals surface area contributed by atoms with E-state index >= 15 is 0 Å². The Balaban J connectivity index is 0.000000493. The summed E-state index contributed by atoms with van der Waals surface area (Å²) >= 11 is 3.47. The van der Waals surface area contributed by atoms with Gasteiger partial charge in [0.2, 0.25) is 0 Å². The number of carbonyl (C=O) groups excluding carboxylic acids is 1. The van der Waals surface area contributed by atoms with Gasteiger partial charge >= 0.3 is 0 Å². The van der Waals surface area contributed by atoms with Gasteiger partial charge in [-0.05, 0) is 82.4 Å². The highest BCUT2D eigenvalue weighted by molar-refractivity contribution is 7.21. The molecule has 3 heterocycles.